The van der Waals surface area contributed by atoms with E-state index in [1.807, 2.05) is 55.5 Å². The maximum atomic E-state index is 11.8. The van der Waals surface area contributed by atoms with Crippen LogP contribution in [-0.4, -0.2) is 32.7 Å². The normalized spacial score (nSPS) is 10.3. The monoisotopic (exact) mass is 342 g/mol. The molecule has 2 aromatic carbocycles. The Bertz CT molecular complexity index is 656. The lowest BCUT2D eigenvalue weighted by Crippen LogP contribution is -2.29. The molecule has 25 heavy (non-hydrogen) atoms. The maximum Gasteiger partial charge on any atom is 0.221 e. The standard InChI is InChI=1S/C20H26N2O3/c1-16-5-3-4-6-17(16)15-22-20(23)11-12-21-13-14-25-19-9-7-18(24-2)8-10-19/h3-10,21H,11-15H2,1-2H3,(H,22,23). The number of benzene rings is 2. The highest BCUT2D eigenvalue weighted by Gasteiger charge is 2.02. The molecule has 0 aliphatic carbocycles. The fourth-order valence-electron chi connectivity index (χ4n) is 2.33. The summed E-state index contributed by atoms with van der Waals surface area (Å²) in [5.41, 5.74) is 2.34. The summed E-state index contributed by atoms with van der Waals surface area (Å²) in [6.45, 7) is 4.50. The van der Waals surface area contributed by atoms with Crippen LogP contribution in [-0.2, 0) is 11.3 Å². The second-order valence-corrected chi connectivity index (χ2v) is 5.73. The first-order valence-electron chi connectivity index (χ1n) is 8.48. The van der Waals surface area contributed by atoms with Gasteiger partial charge in [0.1, 0.15) is 18.1 Å². The van der Waals surface area contributed by atoms with Gasteiger partial charge in [0.2, 0.25) is 5.91 Å². The largest absolute Gasteiger partial charge is 0.497 e. The van der Waals surface area contributed by atoms with Gasteiger partial charge in [-0.1, -0.05) is 24.3 Å². The molecule has 2 aromatic rings. The van der Waals surface area contributed by atoms with E-state index in [-0.39, 0.29) is 5.91 Å². The van der Waals surface area contributed by atoms with Crippen LogP contribution in [0.4, 0.5) is 0 Å². The summed E-state index contributed by atoms with van der Waals surface area (Å²) < 4.78 is 10.7. The van der Waals surface area contributed by atoms with Crippen LogP contribution in [0.15, 0.2) is 48.5 Å². The number of aryl methyl sites for hydroxylation is 1. The van der Waals surface area contributed by atoms with Crippen LogP contribution < -0.4 is 20.1 Å². The molecule has 5 heteroatoms. The van der Waals surface area contributed by atoms with Crippen molar-refractivity contribution < 1.29 is 14.3 Å². The molecule has 0 atom stereocenters. The van der Waals surface area contributed by atoms with Gasteiger partial charge in [0.25, 0.3) is 0 Å². The minimum atomic E-state index is 0.0480. The lowest BCUT2D eigenvalue weighted by atomic mass is 10.1. The second kappa shape index (κ2) is 10.4. The summed E-state index contributed by atoms with van der Waals surface area (Å²) in [6, 6.07) is 15.5. The van der Waals surface area contributed by atoms with E-state index in [2.05, 4.69) is 10.6 Å². The van der Waals surface area contributed by atoms with Crippen LogP contribution in [0.25, 0.3) is 0 Å². The van der Waals surface area contributed by atoms with Gasteiger partial charge in [-0.2, -0.15) is 0 Å². The molecule has 0 aliphatic rings. The number of carbonyl (C=O) groups excluding carboxylic acids is 1. The third kappa shape index (κ3) is 6.85. The summed E-state index contributed by atoms with van der Waals surface area (Å²) >= 11 is 0. The summed E-state index contributed by atoms with van der Waals surface area (Å²) in [7, 11) is 1.64. The summed E-state index contributed by atoms with van der Waals surface area (Å²) in [4.78, 5) is 11.8. The molecule has 5 nitrogen and oxygen atoms in total. The number of amides is 1. The Morgan fingerprint density at radius 3 is 2.44 bits per heavy atom. The van der Waals surface area contributed by atoms with Gasteiger partial charge in [-0.3, -0.25) is 4.79 Å². The van der Waals surface area contributed by atoms with Gasteiger partial charge in [0.05, 0.1) is 7.11 Å². The van der Waals surface area contributed by atoms with Crippen LogP contribution in [0.1, 0.15) is 17.5 Å². The molecular weight excluding hydrogens is 316 g/mol. The van der Waals surface area contributed by atoms with E-state index in [9.17, 15) is 4.79 Å². The second-order valence-electron chi connectivity index (χ2n) is 5.73. The quantitative estimate of drug-likeness (QED) is 0.652. The molecule has 0 fully saturated rings. The highest BCUT2D eigenvalue weighted by molar-refractivity contribution is 5.76. The lowest BCUT2D eigenvalue weighted by Gasteiger charge is -2.09. The van der Waals surface area contributed by atoms with E-state index in [1.54, 1.807) is 7.11 Å². The van der Waals surface area contributed by atoms with Crippen molar-refractivity contribution >= 4 is 5.91 Å². The van der Waals surface area contributed by atoms with Crippen LogP contribution >= 0.6 is 0 Å². The van der Waals surface area contributed by atoms with Crippen molar-refractivity contribution in [2.45, 2.75) is 19.9 Å². The molecule has 0 aromatic heterocycles. The third-order valence-corrected chi connectivity index (χ3v) is 3.87. The van der Waals surface area contributed by atoms with Crippen molar-refractivity contribution in [1.82, 2.24) is 10.6 Å². The Hall–Kier alpha value is -2.53. The molecule has 0 bridgehead atoms. The van der Waals surface area contributed by atoms with Gasteiger partial charge >= 0.3 is 0 Å². The molecular formula is C20H26N2O3. The Kier molecular flexibility index (Phi) is 7.79. The van der Waals surface area contributed by atoms with Crippen molar-refractivity contribution in [2.24, 2.45) is 0 Å². The van der Waals surface area contributed by atoms with Crippen molar-refractivity contribution in [3.63, 3.8) is 0 Å². The molecule has 1 amide bonds. The highest BCUT2D eigenvalue weighted by Crippen LogP contribution is 2.16. The zero-order valence-corrected chi connectivity index (χ0v) is 14.9. The summed E-state index contributed by atoms with van der Waals surface area (Å²) in [5, 5.41) is 6.15. The average Bonchev–Trinajstić information content (AvgIpc) is 2.64. The molecule has 2 N–H and O–H groups in total. The van der Waals surface area contributed by atoms with E-state index in [0.29, 0.717) is 32.7 Å². The van der Waals surface area contributed by atoms with Crippen molar-refractivity contribution in [3.8, 4) is 11.5 Å². The molecule has 0 heterocycles. The first-order chi connectivity index (χ1) is 12.2. The topological polar surface area (TPSA) is 59.6 Å². The van der Waals surface area contributed by atoms with Crippen molar-refractivity contribution in [1.29, 1.82) is 0 Å². The summed E-state index contributed by atoms with van der Waals surface area (Å²) in [5.74, 6) is 1.66. The molecule has 0 spiro atoms. The Balaban J connectivity index is 1.53. The number of rotatable bonds is 10. The van der Waals surface area contributed by atoms with Crippen LogP contribution in [0.3, 0.4) is 0 Å². The maximum absolute atomic E-state index is 11.8. The fraction of sp³-hybridized carbons (Fsp3) is 0.350. The number of methoxy groups -OCH3 is 1. The van der Waals surface area contributed by atoms with Gasteiger partial charge in [0, 0.05) is 26.1 Å². The van der Waals surface area contributed by atoms with Gasteiger partial charge in [0.15, 0.2) is 0 Å². The number of carbonyl (C=O) groups is 1. The number of hydrogen-bond donors (Lipinski definition) is 2. The van der Waals surface area contributed by atoms with E-state index >= 15 is 0 Å². The number of nitrogens with one attached hydrogen (secondary N) is 2. The van der Waals surface area contributed by atoms with E-state index in [0.717, 1.165) is 17.1 Å². The SMILES string of the molecule is COc1ccc(OCCNCCC(=O)NCc2ccccc2C)cc1. The predicted octanol–water partition coefficient (Wildman–Crippen LogP) is 2.68. The minimum absolute atomic E-state index is 0.0480. The number of hydrogen-bond acceptors (Lipinski definition) is 4. The fourth-order valence-corrected chi connectivity index (χ4v) is 2.33. The highest BCUT2D eigenvalue weighted by atomic mass is 16.5. The van der Waals surface area contributed by atoms with Crippen LogP contribution in [0, 0.1) is 6.92 Å². The molecule has 0 saturated heterocycles. The molecule has 2 rings (SSSR count). The molecule has 134 valence electrons. The average molecular weight is 342 g/mol. The van der Waals surface area contributed by atoms with Crippen LogP contribution in [0.5, 0.6) is 11.5 Å². The minimum Gasteiger partial charge on any atom is -0.497 e. The zero-order valence-electron chi connectivity index (χ0n) is 14.9. The first-order valence-corrected chi connectivity index (χ1v) is 8.48. The molecule has 0 radical (unpaired) electrons. The van der Waals surface area contributed by atoms with E-state index < -0.39 is 0 Å². The Morgan fingerprint density at radius 2 is 1.72 bits per heavy atom. The predicted molar refractivity (Wildman–Crippen MR) is 99.0 cm³/mol. The van der Waals surface area contributed by atoms with Crippen molar-refractivity contribution in [3.05, 3.63) is 59.7 Å². The smallest absolute Gasteiger partial charge is 0.221 e. The molecule has 0 unspecified atom stereocenters. The van der Waals surface area contributed by atoms with Gasteiger partial charge < -0.3 is 20.1 Å². The zero-order chi connectivity index (χ0) is 17.9. The van der Waals surface area contributed by atoms with Gasteiger partial charge in [-0.25, -0.2) is 0 Å². The third-order valence-electron chi connectivity index (χ3n) is 3.87. The molecule has 0 saturated carbocycles. The van der Waals surface area contributed by atoms with Crippen LogP contribution in [0.2, 0.25) is 0 Å². The van der Waals surface area contributed by atoms with Gasteiger partial charge in [-0.05, 0) is 42.3 Å². The van der Waals surface area contributed by atoms with E-state index in [1.165, 1.54) is 5.56 Å². The first kappa shape index (κ1) is 18.8. The van der Waals surface area contributed by atoms with Gasteiger partial charge in [-0.15, -0.1) is 0 Å². The summed E-state index contributed by atoms with van der Waals surface area (Å²) in [6.07, 6.45) is 0.453. The lowest BCUT2D eigenvalue weighted by molar-refractivity contribution is -0.121. The van der Waals surface area contributed by atoms with E-state index in [4.69, 9.17) is 9.47 Å². The number of ether oxygens (including phenoxy) is 2. The molecule has 0 aliphatic heterocycles. The van der Waals surface area contributed by atoms with Crippen molar-refractivity contribution in [2.75, 3.05) is 26.8 Å². The Labute approximate surface area is 149 Å². The Morgan fingerprint density at radius 1 is 1.00 bits per heavy atom.